The predicted molar refractivity (Wildman–Crippen MR) is 101 cm³/mol. The van der Waals surface area contributed by atoms with Crippen LogP contribution in [-0.4, -0.2) is 15.7 Å². The third-order valence-corrected chi connectivity index (χ3v) is 5.88. The second-order valence-electron chi connectivity index (χ2n) is 6.49. The van der Waals surface area contributed by atoms with E-state index in [0.29, 0.717) is 16.5 Å². The van der Waals surface area contributed by atoms with Crippen molar-refractivity contribution in [2.75, 3.05) is 5.32 Å². The molecule has 130 valence electrons. The summed E-state index contributed by atoms with van der Waals surface area (Å²) in [5.41, 5.74) is 3.73. The average Bonchev–Trinajstić information content (AvgIpc) is 3.11. The number of thiophene rings is 1. The first kappa shape index (κ1) is 17.4. The zero-order valence-electron chi connectivity index (χ0n) is 14.8. The fraction of sp³-hybridized carbons (Fsp3) is 0.421. The Labute approximate surface area is 152 Å². The number of fused-ring (bicyclic) bond motifs is 1. The number of nitrogens with zero attached hydrogens (tertiary/aromatic N) is 3. The van der Waals surface area contributed by atoms with E-state index in [-0.39, 0.29) is 5.91 Å². The third kappa shape index (κ3) is 3.52. The van der Waals surface area contributed by atoms with E-state index in [1.54, 1.807) is 23.6 Å². The standard InChI is InChI=1S/C19H22N4OS/c1-4-23-13(3)14(11-21-23)6-8-18(24)22-19-16(10-20)15-7-5-12(2)9-17(15)25-19/h6,8,11-12H,4-5,7,9H2,1-3H3,(H,22,24). The molecule has 0 aromatic carbocycles. The van der Waals surface area contributed by atoms with Gasteiger partial charge in [-0.1, -0.05) is 6.92 Å². The molecule has 0 spiro atoms. The van der Waals surface area contributed by atoms with E-state index in [9.17, 15) is 10.1 Å². The molecule has 0 saturated heterocycles. The molecule has 1 atom stereocenters. The fourth-order valence-corrected chi connectivity index (χ4v) is 4.58. The monoisotopic (exact) mass is 354 g/mol. The Morgan fingerprint density at radius 1 is 1.60 bits per heavy atom. The number of aromatic nitrogens is 2. The second-order valence-corrected chi connectivity index (χ2v) is 7.60. The van der Waals surface area contributed by atoms with E-state index < -0.39 is 0 Å². The van der Waals surface area contributed by atoms with Gasteiger partial charge in [-0.2, -0.15) is 10.4 Å². The van der Waals surface area contributed by atoms with Crippen LogP contribution in [0.4, 0.5) is 5.00 Å². The molecule has 1 unspecified atom stereocenters. The maximum atomic E-state index is 12.3. The number of anilines is 1. The summed E-state index contributed by atoms with van der Waals surface area (Å²) in [5.74, 6) is 0.422. The molecule has 1 aliphatic rings. The number of hydrogen-bond donors (Lipinski definition) is 1. The SMILES string of the molecule is CCn1ncc(C=CC(=O)Nc2sc3c(c2C#N)CCC(C)C3)c1C. The lowest BCUT2D eigenvalue weighted by Crippen LogP contribution is -2.10. The van der Waals surface area contributed by atoms with Gasteiger partial charge in [0.15, 0.2) is 0 Å². The highest BCUT2D eigenvalue weighted by atomic mass is 32.1. The van der Waals surface area contributed by atoms with E-state index >= 15 is 0 Å². The van der Waals surface area contributed by atoms with Gasteiger partial charge in [-0.15, -0.1) is 11.3 Å². The zero-order chi connectivity index (χ0) is 18.0. The smallest absolute Gasteiger partial charge is 0.249 e. The molecule has 6 heteroatoms. The van der Waals surface area contributed by atoms with Gasteiger partial charge in [-0.05, 0) is 50.7 Å². The molecule has 2 heterocycles. The van der Waals surface area contributed by atoms with Gasteiger partial charge in [0.2, 0.25) is 5.91 Å². The number of rotatable bonds is 4. The highest BCUT2D eigenvalue weighted by molar-refractivity contribution is 7.16. The van der Waals surface area contributed by atoms with Crippen molar-refractivity contribution in [2.24, 2.45) is 5.92 Å². The first-order valence-electron chi connectivity index (χ1n) is 8.59. The molecule has 2 aromatic heterocycles. The van der Waals surface area contributed by atoms with Crippen LogP contribution in [0, 0.1) is 24.2 Å². The van der Waals surface area contributed by atoms with Crippen molar-refractivity contribution in [3.05, 3.63) is 39.5 Å². The van der Waals surface area contributed by atoms with Crippen molar-refractivity contribution < 1.29 is 4.79 Å². The van der Waals surface area contributed by atoms with Crippen LogP contribution in [0.2, 0.25) is 0 Å². The first-order valence-corrected chi connectivity index (χ1v) is 9.41. The summed E-state index contributed by atoms with van der Waals surface area (Å²) in [7, 11) is 0. The number of nitrogens with one attached hydrogen (secondary N) is 1. The van der Waals surface area contributed by atoms with Crippen LogP contribution in [-0.2, 0) is 24.2 Å². The van der Waals surface area contributed by atoms with Crippen molar-refractivity contribution >= 4 is 28.3 Å². The Morgan fingerprint density at radius 3 is 3.08 bits per heavy atom. The molecule has 2 aromatic rings. The number of aryl methyl sites for hydroxylation is 1. The van der Waals surface area contributed by atoms with Crippen LogP contribution in [0.25, 0.3) is 6.08 Å². The first-order chi connectivity index (χ1) is 12.0. The lowest BCUT2D eigenvalue weighted by atomic mass is 9.89. The van der Waals surface area contributed by atoms with Crippen LogP contribution in [0.1, 0.15) is 47.5 Å². The molecule has 0 aliphatic heterocycles. The van der Waals surface area contributed by atoms with Crippen molar-refractivity contribution in [1.29, 1.82) is 5.26 Å². The van der Waals surface area contributed by atoms with Crippen molar-refractivity contribution in [3.8, 4) is 6.07 Å². The van der Waals surface area contributed by atoms with Crippen molar-refractivity contribution in [3.63, 3.8) is 0 Å². The molecule has 0 fully saturated rings. The van der Waals surface area contributed by atoms with Gasteiger partial charge in [0, 0.05) is 28.8 Å². The van der Waals surface area contributed by atoms with Crippen LogP contribution < -0.4 is 5.32 Å². The van der Waals surface area contributed by atoms with Crippen LogP contribution in [0.3, 0.4) is 0 Å². The molecule has 0 bridgehead atoms. The Bertz CT molecular complexity index is 869. The van der Waals surface area contributed by atoms with E-state index in [1.165, 1.54) is 11.0 Å². The summed E-state index contributed by atoms with van der Waals surface area (Å²) in [5, 5.41) is 17.3. The lowest BCUT2D eigenvalue weighted by molar-refractivity contribution is -0.111. The summed E-state index contributed by atoms with van der Waals surface area (Å²) in [4.78, 5) is 13.5. The van der Waals surface area contributed by atoms with Crippen molar-refractivity contribution in [2.45, 2.75) is 46.6 Å². The summed E-state index contributed by atoms with van der Waals surface area (Å²) in [6.45, 7) is 7.05. The maximum absolute atomic E-state index is 12.3. The minimum absolute atomic E-state index is 0.216. The largest absolute Gasteiger partial charge is 0.313 e. The molecule has 1 amide bonds. The minimum atomic E-state index is -0.216. The second kappa shape index (κ2) is 7.24. The normalized spacial score (nSPS) is 16.6. The Morgan fingerprint density at radius 2 is 2.40 bits per heavy atom. The number of hydrogen-bond acceptors (Lipinski definition) is 4. The lowest BCUT2D eigenvalue weighted by Gasteiger charge is -2.17. The van der Waals surface area contributed by atoms with E-state index in [0.717, 1.165) is 42.6 Å². The summed E-state index contributed by atoms with van der Waals surface area (Å²) < 4.78 is 1.89. The van der Waals surface area contributed by atoms with E-state index in [2.05, 4.69) is 23.4 Å². The van der Waals surface area contributed by atoms with Gasteiger partial charge < -0.3 is 5.32 Å². The molecular formula is C19H22N4OS. The molecular weight excluding hydrogens is 332 g/mol. The topological polar surface area (TPSA) is 70.7 Å². The average molecular weight is 354 g/mol. The van der Waals surface area contributed by atoms with Gasteiger partial charge in [0.05, 0.1) is 11.8 Å². The molecule has 5 nitrogen and oxygen atoms in total. The van der Waals surface area contributed by atoms with Crippen LogP contribution in [0.15, 0.2) is 12.3 Å². The maximum Gasteiger partial charge on any atom is 0.249 e. The van der Waals surface area contributed by atoms with Gasteiger partial charge in [-0.25, -0.2) is 0 Å². The quantitative estimate of drug-likeness (QED) is 0.846. The fourth-order valence-electron chi connectivity index (χ4n) is 3.22. The van der Waals surface area contributed by atoms with E-state index in [4.69, 9.17) is 0 Å². The third-order valence-electron chi connectivity index (χ3n) is 4.72. The molecule has 1 aliphatic carbocycles. The van der Waals surface area contributed by atoms with Gasteiger partial charge in [0.25, 0.3) is 0 Å². The number of carbonyl (C=O) groups is 1. The summed E-state index contributed by atoms with van der Waals surface area (Å²) in [6, 6.07) is 2.28. The highest BCUT2D eigenvalue weighted by Crippen LogP contribution is 2.39. The Kier molecular flexibility index (Phi) is 5.05. The highest BCUT2D eigenvalue weighted by Gasteiger charge is 2.24. The minimum Gasteiger partial charge on any atom is -0.313 e. The van der Waals surface area contributed by atoms with Crippen molar-refractivity contribution in [1.82, 2.24) is 9.78 Å². The van der Waals surface area contributed by atoms with Gasteiger partial charge >= 0.3 is 0 Å². The van der Waals surface area contributed by atoms with Gasteiger partial charge in [-0.3, -0.25) is 9.48 Å². The number of nitriles is 1. The van der Waals surface area contributed by atoms with Crippen LogP contribution >= 0.6 is 11.3 Å². The molecule has 0 radical (unpaired) electrons. The number of amides is 1. The molecule has 1 N–H and O–H groups in total. The Hall–Kier alpha value is -2.39. The molecule has 25 heavy (non-hydrogen) atoms. The summed E-state index contributed by atoms with van der Waals surface area (Å²) >= 11 is 1.55. The Balaban J connectivity index is 1.76. The summed E-state index contributed by atoms with van der Waals surface area (Å²) in [6.07, 6.45) is 8.06. The molecule has 3 rings (SSSR count). The predicted octanol–water partition coefficient (Wildman–Crippen LogP) is 3.92. The number of carbonyl (C=O) groups excluding carboxylic acids is 1. The van der Waals surface area contributed by atoms with Gasteiger partial charge in [0.1, 0.15) is 11.1 Å². The molecule has 0 saturated carbocycles. The van der Waals surface area contributed by atoms with Crippen LogP contribution in [0.5, 0.6) is 0 Å². The van der Waals surface area contributed by atoms with E-state index in [1.807, 2.05) is 18.5 Å². The zero-order valence-corrected chi connectivity index (χ0v) is 15.6.